The molecule has 0 bridgehead atoms. The monoisotopic (exact) mass is 316 g/mol. The lowest BCUT2D eigenvalue weighted by Gasteiger charge is -2.23. The molecule has 5 nitrogen and oxygen atoms in total. The number of hydrogen-bond acceptors (Lipinski definition) is 4. The second-order valence-electron chi connectivity index (χ2n) is 5.67. The molecule has 0 saturated heterocycles. The molecular weight excluding hydrogens is 292 g/mol. The highest BCUT2D eigenvalue weighted by Crippen LogP contribution is 2.34. The molecule has 2 rings (SSSR count). The first-order valence-corrected chi connectivity index (χ1v) is 8.26. The highest BCUT2D eigenvalue weighted by molar-refractivity contribution is 5.77. The van der Waals surface area contributed by atoms with E-state index in [1.54, 1.807) is 0 Å². The standard InChI is InChI=1S/C18H24N2O3/c1-3-7-20(8-4-2)18(21)12-15(13-19)14-5-6-16-17(11-14)23-10-9-22-16/h5-6,11,15H,3-4,7-10,12H2,1-2H3. The van der Waals surface area contributed by atoms with Crippen LogP contribution in [0.4, 0.5) is 0 Å². The van der Waals surface area contributed by atoms with E-state index in [1.165, 1.54) is 0 Å². The molecule has 0 saturated carbocycles. The molecule has 5 heteroatoms. The largest absolute Gasteiger partial charge is 0.486 e. The fourth-order valence-electron chi connectivity index (χ4n) is 2.72. The molecule has 1 heterocycles. The number of benzene rings is 1. The molecule has 0 aromatic heterocycles. The number of fused-ring (bicyclic) bond motifs is 1. The molecule has 1 amide bonds. The van der Waals surface area contributed by atoms with E-state index in [0.29, 0.717) is 24.7 Å². The second-order valence-corrected chi connectivity index (χ2v) is 5.67. The van der Waals surface area contributed by atoms with Crippen LogP contribution in [0.2, 0.25) is 0 Å². The first-order chi connectivity index (χ1) is 11.2. The van der Waals surface area contributed by atoms with E-state index in [1.807, 2.05) is 23.1 Å². The van der Waals surface area contributed by atoms with Crippen LogP contribution in [0.5, 0.6) is 11.5 Å². The topological polar surface area (TPSA) is 62.6 Å². The maximum absolute atomic E-state index is 12.5. The summed E-state index contributed by atoms with van der Waals surface area (Å²) in [5.41, 5.74) is 0.804. The van der Waals surface area contributed by atoms with Crippen molar-refractivity contribution >= 4 is 5.91 Å². The van der Waals surface area contributed by atoms with E-state index in [-0.39, 0.29) is 12.3 Å². The van der Waals surface area contributed by atoms with E-state index in [9.17, 15) is 10.1 Å². The summed E-state index contributed by atoms with van der Waals surface area (Å²) < 4.78 is 11.1. The summed E-state index contributed by atoms with van der Waals surface area (Å²) >= 11 is 0. The summed E-state index contributed by atoms with van der Waals surface area (Å²) in [6, 6.07) is 7.73. The van der Waals surface area contributed by atoms with Gasteiger partial charge < -0.3 is 14.4 Å². The molecule has 0 aliphatic carbocycles. The average Bonchev–Trinajstić information content (AvgIpc) is 2.58. The molecule has 23 heavy (non-hydrogen) atoms. The highest BCUT2D eigenvalue weighted by atomic mass is 16.6. The highest BCUT2D eigenvalue weighted by Gasteiger charge is 2.22. The van der Waals surface area contributed by atoms with Gasteiger partial charge in [-0.25, -0.2) is 0 Å². The number of ether oxygens (including phenoxy) is 2. The molecule has 1 aromatic carbocycles. The molecule has 124 valence electrons. The Balaban J connectivity index is 2.10. The fraction of sp³-hybridized carbons (Fsp3) is 0.556. The van der Waals surface area contributed by atoms with Crippen molar-refractivity contribution in [3.63, 3.8) is 0 Å². The molecule has 0 radical (unpaired) electrons. The SMILES string of the molecule is CCCN(CCC)C(=O)CC(C#N)c1ccc2c(c1)OCCO2. The molecule has 1 atom stereocenters. The maximum Gasteiger partial charge on any atom is 0.224 e. The summed E-state index contributed by atoms with van der Waals surface area (Å²) in [4.78, 5) is 14.3. The number of carbonyl (C=O) groups is 1. The average molecular weight is 316 g/mol. The lowest BCUT2D eigenvalue weighted by Crippen LogP contribution is -2.33. The van der Waals surface area contributed by atoms with Crippen LogP contribution in [-0.4, -0.2) is 37.1 Å². The number of carbonyl (C=O) groups excluding carboxylic acids is 1. The van der Waals surface area contributed by atoms with Gasteiger partial charge in [0.05, 0.1) is 12.0 Å². The third kappa shape index (κ3) is 4.38. The van der Waals surface area contributed by atoms with Crippen LogP contribution in [-0.2, 0) is 4.79 Å². The normalized spacial score (nSPS) is 14.0. The Labute approximate surface area is 137 Å². The predicted octanol–water partition coefficient (Wildman–Crippen LogP) is 3.10. The minimum absolute atomic E-state index is 0.0372. The third-order valence-electron chi connectivity index (χ3n) is 3.84. The van der Waals surface area contributed by atoms with E-state index >= 15 is 0 Å². The zero-order valence-electron chi connectivity index (χ0n) is 13.9. The van der Waals surface area contributed by atoms with Crippen molar-refractivity contribution in [2.24, 2.45) is 0 Å². The van der Waals surface area contributed by atoms with Gasteiger partial charge in [0.2, 0.25) is 5.91 Å². The van der Waals surface area contributed by atoms with Gasteiger partial charge in [0, 0.05) is 19.5 Å². The van der Waals surface area contributed by atoms with Gasteiger partial charge in [-0.3, -0.25) is 4.79 Å². The van der Waals surface area contributed by atoms with Crippen molar-refractivity contribution in [1.29, 1.82) is 5.26 Å². The zero-order valence-corrected chi connectivity index (χ0v) is 13.9. The van der Waals surface area contributed by atoms with E-state index in [2.05, 4.69) is 19.9 Å². The molecule has 1 aliphatic rings. The van der Waals surface area contributed by atoms with E-state index in [0.717, 1.165) is 31.5 Å². The minimum atomic E-state index is -0.463. The molecule has 1 aromatic rings. The zero-order chi connectivity index (χ0) is 16.7. The first-order valence-electron chi connectivity index (χ1n) is 8.26. The number of rotatable bonds is 7. The second kappa shape index (κ2) is 8.42. The molecular formula is C18H24N2O3. The van der Waals surface area contributed by atoms with Gasteiger partial charge in [0.15, 0.2) is 11.5 Å². The fourth-order valence-corrected chi connectivity index (χ4v) is 2.72. The van der Waals surface area contributed by atoms with Crippen LogP contribution < -0.4 is 9.47 Å². The van der Waals surface area contributed by atoms with Gasteiger partial charge in [-0.1, -0.05) is 19.9 Å². The van der Waals surface area contributed by atoms with Crippen molar-refractivity contribution in [3.05, 3.63) is 23.8 Å². The van der Waals surface area contributed by atoms with Crippen LogP contribution in [0, 0.1) is 11.3 Å². The quantitative estimate of drug-likeness (QED) is 0.775. The summed E-state index contributed by atoms with van der Waals surface area (Å²) in [6.07, 6.45) is 2.05. The van der Waals surface area contributed by atoms with Crippen LogP contribution in [0.25, 0.3) is 0 Å². The third-order valence-corrected chi connectivity index (χ3v) is 3.84. The Bertz CT molecular complexity index is 574. The minimum Gasteiger partial charge on any atom is -0.486 e. The molecule has 1 unspecified atom stereocenters. The number of nitrogens with zero attached hydrogens (tertiary/aromatic N) is 2. The van der Waals surface area contributed by atoms with Gasteiger partial charge in [-0.05, 0) is 30.5 Å². The Morgan fingerprint density at radius 2 is 1.87 bits per heavy atom. The van der Waals surface area contributed by atoms with Crippen molar-refractivity contribution in [1.82, 2.24) is 4.90 Å². The smallest absolute Gasteiger partial charge is 0.224 e. The number of hydrogen-bond donors (Lipinski definition) is 0. The van der Waals surface area contributed by atoms with Gasteiger partial charge in [0.1, 0.15) is 13.2 Å². The predicted molar refractivity (Wildman–Crippen MR) is 87.6 cm³/mol. The Morgan fingerprint density at radius 1 is 1.22 bits per heavy atom. The first kappa shape index (κ1) is 17.1. The summed E-state index contributed by atoms with van der Waals surface area (Å²) in [5.74, 6) is 0.923. The Kier molecular flexibility index (Phi) is 6.28. The van der Waals surface area contributed by atoms with Gasteiger partial charge in [0.25, 0.3) is 0 Å². The van der Waals surface area contributed by atoms with E-state index in [4.69, 9.17) is 9.47 Å². The van der Waals surface area contributed by atoms with Crippen molar-refractivity contribution in [3.8, 4) is 17.6 Å². The van der Waals surface area contributed by atoms with Gasteiger partial charge >= 0.3 is 0 Å². The maximum atomic E-state index is 12.5. The van der Waals surface area contributed by atoms with Crippen molar-refractivity contribution < 1.29 is 14.3 Å². The van der Waals surface area contributed by atoms with Crippen LogP contribution >= 0.6 is 0 Å². The summed E-state index contributed by atoms with van der Waals surface area (Å²) in [6.45, 7) is 6.64. The van der Waals surface area contributed by atoms with Gasteiger partial charge in [-0.15, -0.1) is 0 Å². The van der Waals surface area contributed by atoms with Crippen LogP contribution in [0.1, 0.15) is 44.6 Å². The molecule has 1 aliphatic heterocycles. The van der Waals surface area contributed by atoms with Crippen molar-refractivity contribution in [2.45, 2.75) is 39.0 Å². The molecule has 0 fully saturated rings. The molecule has 0 N–H and O–H groups in total. The Hall–Kier alpha value is -2.22. The lowest BCUT2D eigenvalue weighted by molar-refractivity contribution is -0.131. The lowest BCUT2D eigenvalue weighted by atomic mass is 9.96. The Morgan fingerprint density at radius 3 is 2.48 bits per heavy atom. The number of amides is 1. The van der Waals surface area contributed by atoms with Crippen LogP contribution in [0.3, 0.4) is 0 Å². The van der Waals surface area contributed by atoms with Gasteiger partial charge in [-0.2, -0.15) is 5.26 Å². The summed E-state index contributed by atoms with van der Waals surface area (Å²) in [7, 11) is 0. The van der Waals surface area contributed by atoms with Crippen LogP contribution in [0.15, 0.2) is 18.2 Å². The molecule has 0 spiro atoms. The summed E-state index contributed by atoms with van der Waals surface area (Å²) in [5, 5.41) is 9.48. The number of nitriles is 1. The van der Waals surface area contributed by atoms with Crippen molar-refractivity contribution in [2.75, 3.05) is 26.3 Å². The van der Waals surface area contributed by atoms with E-state index < -0.39 is 5.92 Å².